The highest BCUT2D eigenvalue weighted by atomic mass is 35.5. The zero-order valence-electron chi connectivity index (χ0n) is 16.6. The quantitative estimate of drug-likeness (QED) is 0.484. The largest absolute Gasteiger partial charge is 0.459 e. The van der Waals surface area contributed by atoms with E-state index >= 15 is 0 Å². The van der Waals surface area contributed by atoms with Crippen LogP contribution in [0.1, 0.15) is 33.4 Å². The van der Waals surface area contributed by atoms with E-state index in [0.29, 0.717) is 16.4 Å². The molecular weight excluding hydrogens is 443 g/mol. The van der Waals surface area contributed by atoms with Crippen LogP contribution < -0.4 is 10.6 Å². The minimum Gasteiger partial charge on any atom is -0.459 e. The van der Waals surface area contributed by atoms with Crippen LogP contribution in [0.25, 0.3) is 0 Å². The average Bonchev–Trinajstić information content (AvgIpc) is 3.26. The summed E-state index contributed by atoms with van der Waals surface area (Å²) in [5.74, 6) is -1.60. The van der Waals surface area contributed by atoms with Crippen molar-refractivity contribution in [1.82, 2.24) is 0 Å². The van der Waals surface area contributed by atoms with E-state index in [0.717, 1.165) is 5.56 Å². The zero-order valence-corrected chi connectivity index (χ0v) is 18.1. The predicted molar refractivity (Wildman–Crippen MR) is 118 cm³/mol. The summed E-state index contributed by atoms with van der Waals surface area (Å²) in [6, 6.07) is 12.4. The molecule has 3 aromatic rings. The third-order valence-electron chi connectivity index (χ3n) is 4.31. The van der Waals surface area contributed by atoms with Gasteiger partial charge in [0.1, 0.15) is 0 Å². The lowest BCUT2D eigenvalue weighted by Crippen LogP contribution is -2.30. The number of rotatable bonds is 6. The Labute approximate surface area is 188 Å². The molecule has 3 rings (SSSR count). The Morgan fingerprint density at radius 1 is 1.00 bits per heavy atom. The summed E-state index contributed by atoms with van der Waals surface area (Å²) in [5, 5.41) is 5.95. The second kappa shape index (κ2) is 9.68. The minimum absolute atomic E-state index is 0.138. The van der Waals surface area contributed by atoms with Gasteiger partial charge < -0.3 is 19.8 Å². The van der Waals surface area contributed by atoms with Crippen molar-refractivity contribution >= 4 is 52.4 Å². The van der Waals surface area contributed by atoms with Crippen molar-refractivity contribution in [2.45, 2.75) is 20.0 Å². The Bertz CT molecular complexity index is 1130. The molecule has 0 saturated heterocycles. The lowest BCUT2D eigenvalue weighted by atomic mass is 10.1. The van der Waals surface area contributed by atoms with Crippen molar-refractivity contribution in [2.75, 3.05) is 10.6 Å². The number of anilines is 2. The number of benzene rings is 2. The third-order valence-corrected chi connectivity index (χ3v) is 4.86. The van der Waals surface area contributed by atoms with Crippen molar-refractivity contribution in [3.05, 3.63) is 81.7 Å². The maximum absolute atomic E-state index is 12.5. The number of amides is 2. The van der Waals surface area contributed by atoms with Gasteiger partial charge in [0, 0.05) is 10.7 Å². The van der Waals surface area contributed by atoms with Crippen LogP contribution in [-0.4, -0.2) is 23.9 Å². The van der Waals surface area contributed by atoms with Crippen LogP contribution in [0.5, 0.6) is 0 Å². The van der Waals surface area contributed by atoms with Crippen LogP contribution in [0.2, 0.25) is 10.0 Å². The average molecular weight is 461 g/mol. The molecule has 0 unspecified atom stereocenters. The van der Waals surface area contributed by atoms with Gasteiger partial charge in [0.2, 0.25) is 0 Å². The van der Waals surface area contributed by atoms with Crippen LogP contribution in [0, 0.1) is 6.92 Å². The topological polar surface area (TPSA) is 97.6 Å². The number of aryl methyl sites for hydroxylation is 1. The van der Waals surface area contributed by atoms with E-state index in [9.17, 15) is 14.4 Å². The molecule has 0 aliphatic carbocycles. The molecule has 0 aliphatic rings. The smallest absolute Gasteiger partial charge is 0.338 e. The van der Waals surface area contributed by atoms with Crippen LogP contribution >= 0.6 is 23.2 Å². The molecule has 2 aromatic carbocycles. The van der Waals surface area contributed by atoms with Gasteiger partial charge >= 0.3 is 5.97 Å². The third kappa shape index (κ3) is 5.65. The number of nitrogens with one attached hydrogen (secondary N) is 2. The van der Waals surface area contributed by atoms with Gasteiger partial charge in [-0.2, -0.15) is 0 Å². The van der Waals surface area contributed by atoms with E-state index in [4.69, 9.17) is 32.4 Å². The molecule has 31 heavy (non-hydrogen) atoms. The highest BCUT2D eigenvalue weighted by Gasteiger charge is 2.21. The highest BCUT2D eigenvalue weighted by Crippen LogP contribution is 2.25. The first-order valence-electron chi connectivity index (χ1n) is 9.17. The monoisotopic (exact) mass is 460 g/mol. The van der Waals surface area contributed by atoms with E-state index in [1.165, 1.54) is 31.4 Å². The van der Waals surface area contributed by atoms with Gasteiger partial charge in [0.25, 0.3) is 11.8 Å². The molecule has 0 saturated carbocycles. The number of carbonyl (C=O) groups is 3. The summed E-state index contributed by atoms with van der Waals surface area (Å²) in [4.78, 5) is 37.1. The Morgan fingerprint density at radius 3 is 2.45 bits per heavy atom. The fourth-order valence-corrected chi connectivity index (χ4v) is 3.04. The summed E-state index contributed by atoms with van der Waals surface area (Å²) in [7, 11) is 0. The van der Waals surface area contributed by atoms with Gasteiger partial charge in [-0.3, -0.25) is 9.59 Å². The van der Waals surface area contributed by atoms with Gasteiger partial charge in [-0.15, -0.1) is 0 Å². The molecule has 0 fully saturated rings. The molecule has 1 aromatic heterocycles. The van der Waals surface area contributed by atoms with E-state index in [2.05, 4.69) is 10.6 Å². The second-order valence-corrected chi connectivity index (χ2v) is 7.47. The van der Waals surface area contributed by atoms with Crippen LogP contribution in [0.3, 0.4) is 0 Å². The lowest BCUT2D eigenvalue weighted by Gasteiger charge is -2.15. The van der Waals surface area contributed by atoms with Gasteiger partial charge in [-0.05, 0) is 61.9 Å². The number of ether oxygens (including phenoxy) is 1. The highest BCUT2D eigenvalue weighted by molar-refractivity contribution is 6.36. The summed E-state index contributed by atoms with van der Waals surface area (Å²) >= 11 is 11.9. The minimum atomic E-state index is -1.10. The molecule has 0 radical (unpaired) electrons. The number of carbonyl (C=O) groups excluding carboxylic acids is 3. The number of furan rings is 1. The zero-order chi connectivity index (χ0) is 22.5. The fraction of sp³-hybridized carbons (Fsp3) is 0.136. The summed E-state index contributed by atoms with van der Waals surface area (Å²) in [6.45, 7) is 3.21. The Kier molecular flexibility index (Phi) is 6.99. The van der Waals surface area contributed by atoms with Crippen LogP contribution in [0.15, 0.2) is 59.2 Å². The summed E-state index contributed by atoms with van der Waals surface area (Å²) < 4.78 is 10.3. The van der Waals surface area contributed by atoms with Crippen LogP contribution in [0.4, 0.5) is 11.4 Å². The molecule has 0 bridgehead atoms. The van der Waals surface area contributed by atoms with Crippen molar-refractivity contribution < 1.29 is 23.5 Å². The maximum atomic E-state index is 12.5. The van der Waals surface area contributed by atoms with Crippen LogP contribution in [-0.2, 0) is 9.53 Å². The number of hydrogen-bond acceptors (Lipinski definition) is 5. The number of esters is 1. The summed E-state index contributed by atoms with van der Waals surface area (Å²) in [5.41, 5.74) is 1.67. The molecular formula is C22H18Cl2N2O5. The molecule has 0 aliphatic heterocycles. The Hall–Kier alpha value is -3.29. The normalized spacial score (nSPS) is 11.5. The van der Waals surface area contributed by atoms with Gasteiger partial charge in [0.15, 0.2) is 11.9 Å². The molecule has 0 spiro atoms. The first kappa shape index (κ1) is 22.4. The van der Waals surface area contributed by atoms with Gasteiger partial charge in [-0.1, -0.05) is 29.3 Å². The lowest BCUT2D eigenvalue weighted by molar-refractivity contribution is -0.123. The molecule has 9 heteroatoms. The molecule has 1 atom stereocenters. The molecule has 160 valence electrons. The van der Waals surface area contributed by atoms with Gasteiger partial charge in [-0.25, -0.2) is 4.79 Å². The molecule has 2 N–H and O–H groups in total. The predicted octanol–water partition coefficient (Wildman–Crippen LogP) is 5.33. The SMILES string of the molecule is Cc1ccc(C(=O)O[C@H](C)C(=O)Nc2ccc(Cl)cc2Cl)cc1NC(=O)c1ccco1. The molecule has 2 amide bonds. The van der Waals surface area contributed by atoms with Crippen molar-refractivity contribution in [2.24, 2.45) is 0 Å². The Morgan fingerprint density at radius 2 is 1.77 bits per heavy atom. The summed E-state index contributed by atoms with van der Waals surface area (Å²) in [6.07, 6.45) is 0.292. The maximum Gasteiger partial charge on any atom is 0.338 e. The van der Waals surface area contributed by atoms with E-state index in [1.54, 1.807) is 37.3 Å². The Balaban J connectivity index is 1.66. The van der Waals surface area contributed by atoms with Crippen molar-refractivity contribution in [3.8, 4) is 0 Å². The molecule has 1 heterocycles. The van der Waals surface area contributed by atoms with E-state index in [1.807, 2.05) is 0 Å². The van der Waals surface area contributed by atoms with E-state index < -0.39 is 23.9 Å². The first-order valence-corrected chi connectivity index (χ1v) is 9.92. The fourth-order valence-electron chi connectivity index (χ4n) is 2.58. The van der Waals surface area contributed by atoms with E-state index in [-0.39, 0.29) is 16.3 Å². The second-order valence-electron chi connectivity index (χ2n) is 6.62. The number of halogens is 2. The molecule has 7 nitrogen and oxygen atoms in total. The van der Waals surface area contributed by atoms with Crippen molar-refractivity contribution in [1.29, 1.82) is 0 Å². The standard InChI is InChI=1S/C22H18Cl2N2O5/c1-12-5-6-14(10-18(12)26-21(28)19-4-3-9-30-19)22(29)31-13(2)20(27)25-17-8-7-15(23)11-16(17)24/h3-11,13H,1-2H3,(H,25,27)(H,26,28)/t13-/m1/s1. The van der Waals surface area contributed by atoms with Gasteiger partial charge in [0.05, 0.1) is 22.5 Å². The van der Waals surface area contributed by atoms with Crippen molar-refractivity contribution in [3.63, 3.8) is 0 Å². The first-order chi connectivity index (χ1) is 14.7. The number of hydrogen-bond donors (Lipinski definition) is 2.